The summed E-state index contributed by atoms with van der Waals surface area (Å²) >= 11 is 4.38. The predicted octanol–water partition coefficient (Wildman–Crippen LogP) is 2.10. The molecule has 1 nitrogen and oxygen atoms in total. The number of rotatable bonds is 5. The number of hydrogen-bond donors (Lipinski definition) is 2. The van der Waals surface area contributed by atoms with E-state index < -0.39 is 0 Å². The zero-order valence-electron chi connectivity index (χ0n) is 7.16. The maximum absolute atomic E-state index is 8.65. The number of aliphatic hydroxyl groups excluding tert-OH is 1. The highest BCUT2D eigenvalue weighted by molar-refractivity contribution is 7.81. The van der Waals surface area contributed by atoms with E-state index in [0.717, 1.165) is 12.3 Å². The second kappa shape index (κ2) is 4.36. The van der Waals surface area contributed by atoms with E-state index >= 15 is 0 Å². The zero-order valence-corrected chi connectivity index (χ0v) is 8.06. The van der Waals surface area contributed by atoms with Gasteiger partial charge in [0.15, 0.2) is 0 Å². The summed E-state index contributed by atoms with van der Waals surface area (Å²) in [7, 11) is 0. The number of hydrogen-bond acceptors (Lipinski definition) is 2. The van der Waals surface area contributed by atoms with Crippen LogP contribution < -0.4 is 0 Å². The monoisotopic (exact) mass is 174 g/mol. The molecule has 2 heteroatoms. The lowest BCUT2D eigenvalue weighted by atomic mass is 10.0. The second-order valence-corrected chi connectivity index (χ2v) is 4.42. The van der Waals surface area contributed by atoms with Gasteiger partial charge in [0, 0.05) is 11.9 Å². The van der Waals surface area contributed by atoms with Crippen LogP contribution in [0.3, 0.4) is 0 Å². The molecule has 0 spiro atoms. The average molecular weight is 174 g/mol. The third-order valence-corrected chi connectivity index (χ3v) is 3.17. The van der Waals surface area contributed by atoms with Crippen molar-refractivity contribution in [1.82, 2.24) is 0 Å². The van der Waals surface area contributed by atoms with Gasteiger partial charge in [-0.1, -0.05) is 13.3 Å². The Morgan fingerprint density at radius 2 is 2.18 bits per heavy atom. The van der Waals surface area contributed by atoms with Gasteiger partial charge in [0.05, 0.1) is 0 Å². The fourth-order valence-electron chi connectivity index (χ4n) is 1.41. The van der Waals surface area contributed by atoms with Crippen LogP contribution in [0.25, 0.3) is 0 Å². The van der Waals surface area contributed by atoms with Crippen molar-refractivity contribution in [2.24, 2.45) is 11.8 Å². The van der Waals surface area contributed by atoms with Crippen LogP contribution in [0.4, 0.5) is 0 Å². The van der Waals surface area contributed by atoms with Gasteiger partial charge in [-0.3, -0.25) is 0 Å². The molecule has 0 bridgehead atoms. The standard InChI is InChI=1S/C9H18OS/c1-7(4-5-10)2-3-8-6-9(8)11/h7-11H,2-6H2,1H3. The van der Waals surface area contributed by atoms with Crippen LogP contribution in [0.5, 0.6) is 0 Å². The SMILES string of the molecule is CC(CCO)CCC1CC1S. The normalized spacial score (nSPS) is 31.9. The minimum Gasteiger partial charge on any atom is -0.396 e. The van der Waals surface area contributed by atoms with Crippen molar-refractivity contribution >= 4 is 12.6 Å². The summed E-state index contributed by atoms with van der Waals surface area (Å²) in [5, 5.41) is 9.35. The van der Waals surface area contributed by atoms with Crippen molar-refractivity contribution in [2.75, 3.05) is 6.61 Å². The molecule has 0 amide bonds. The van der Waals surface area contributed by atoms with Gasteiger partial charge < -0.3 is 5.11 Å². The fraction of sp³-hybridized carbons (Fsp3) is 1.00. The predicted molar refractivity (Wildman–Crippen MR) is 51.0 cm³/mol. The van der Waals surface area contributed by atoms with E-state index in [4.69, 9.17) is 5.11 Å². The van der Waals surface area contributed by atoms with Crippen LogP contribution in [0.1, 0.15) is 32.6 Å². The lowest BCUT2D eigenvalue weighted by Crippen LogP contribution is -1.98. The summed E-state index contributed by atoms with van der Waals surface area (Å²) in [4.78, 5) is 0. The molecule has 66 valence electrons. The van der Waals surface area contributed by atoms with Gasteiger partial charge >= 0.3 is 0 Å². The van der Waals surface area contributed by atoms with E-state index in [0.29, 0.717) is 17.8 Å². The summed E-state index contributed by atoms with van der Waals surface area (Å²) in [6, 6.07) is 0. The Morgan fingerprint density at radius 1 is 1.55 bits per heavy atom. The van der Waals surface area contributed by atoms with Crippen molar-refractivity contribution < 1.29 is 5.11 Å². The summed E-state index contributed by atoms with van der Waals surface area (Å²) < 4.78 is 0. The summed E-state index contributed by atoms with van der Waals surface area (Å²) in [5.41, 5.74) is 0. The highest BCUT2D eigenvalue weighted by Gasteiger charge is 2.32. The molecular formula is C9H18OS. The van der Waals surface area contributed by atoms with Crippen molar-refractivity contribution in [3.05, 3.63) is 0 Å². The van der Waals surface area contributed by atoms with Crippen LogP contribution in [-0.4, -0.2) is 17.0 Å². The first-order valence-electron chi connectivity index (χ1n) is 4.53. The topological polar surface area (TPSA) is 20.2 Å². The highest BCUT2D eigenvalue weighted by Crippen LogP contribution is 2.40. The van der Waals surface area contributed by atoms with Gasteiger partial charge in [0.25, 0.3) is 0 Å². The lowest BCUT2D eigenvalue weighted by molar-refractivity contribution is 0.256. The lowest BCUT2D eigenvalue weighted by Gasteiger charge is -2.07. The Hall–Kier alpha value is 0.310. The molecule has 0 saturated heterocycles. The first-order valence-corrected chi connectivity index (χ1v) is 5.04. The molecule has 11 heavy (non-hydrogen) atoms. The molecule has 0 radical (unpaired) electrons. The highest BCUT2D eigenvalue weighted by atomic mass is 32.1. The Bertz CT molecular complexity index is 116. The van der Waals surface area contributed by atoms with Gasteiger partial charge in [-0.25, -0.2) is 0 Å². The van der Waals surface area contributed by atoms with Crippen LogP contribution >= 0.6 is 12.6 Å². The van der Waals surface area contributed by atoms with Crippen LogP contribution in [0.15, 0.2) is 0 Å². The molecule has 0 aromatic heterocycles. The van der Waals surface area contributed by atoms with Gasteiger partial charge in [-0.15, -0.1) is 0 Å². The van der Waals surface area contributed by atoms with Crippen molar-refractivity contribution in [2.45, 2.75) is 37.9 Å². The largest absolute Gasteiger partial charge is 0.396 e. The van der Waals surface area contributed by atoms with E-state index in [9.17, 15) is 0 Å². The molecule has 1 saturated carbocycles. The molecule has 1 aliphatic rings. The smallest absolute Gasteiger partial charge is 0.0433 e. The zero-order chi connectivity index (χ0) is 8.27. The molecule has 1 rings (SSSR count). The molecule has 3 unspecified atom stereocenters. The van der Waals surface area contributed by atoms with Crippen molar-refractivity contribution in [3.63, 3.8) is 0 Å². The molecule has 3 atom stereocenters. The van der Waals surface area contributed by atoms with Crippen LogP contribution in [-0.2, 0) is 0 Å². The Labute approximate surface area is 74.6 Å². The summed E-state index contributed by atoms with van der Waals surface area (Å²) in [6.45, 7) is 2.56. The van der Waals surface area contributed by atoms with E-state index in [2.05, 4.69) is 19.6 Å². The average Bonchev–Trinajstić information content (AvgIpc) is 2.63. The summed E-state index contributed by atoms with van der Waals surface area (Å²) in [6.07, 6.45) is 4.86. The maximum atomic E-state index is 8.65. The molecule has 0 heterocycles. The molecule has 1 N–H and O–H groups in total. The Balaban J connectivity index is 1.94. The number of aliphatic hydroxyl groups is 1. The van der Waals surface area contributed by atoms with E-state index in [1.165, 1.54) is 19.3 Å². The van der Waals surface area contributed by atoms with Gasteiger partial charge in [-0.2, -0.15) is 12.6 Å². The molecule has 0 aliphatic heterocycles. The fourth-order valence-corrected chi connectivity index (χ4v) is 1.83. The quantitative estimate of drug-likeness (QED) is 0.612. The minimum absolute atomic E-state index is 0.343. The maximum Gasteiger partial charge on any atom is 0.0433 e. The second-order valence-electron chi connectivity index (χ2n) is 3.76. The summed E-state index contributed by atoms with van der Waals surface area (Å²) in [5.74, 6) is 1.58. The van der Waals surface area contributed by atoms with Crippen LogP contribution in [0, 0.1) is 11.8 Å². The van der Waals surface area contributed by atoms with Gasteiger partial charge in [-0.05, 0) is 31.1 Å². The third-order valence-electron chi connectivity index (χ3n) is 2.54. The molecule has 1 fully saturated rings. The molecule has 1 aliphatic carbocycles. The van der Waals surface area contributed by atoms with E-state index in [-0.39, 0.29) is 0 Å². The molecule has 0 aromatic rings. The Kier molecular flexibility index (Phi) is 3.73. The molecule has 0 aromatic carbocycles. The van der Waals surface area contributed by atoms with Crippen molar-refractivity contribution in [1.29, 1.82) is 0 Å². The minimum atomic E-state index is 0.343. The van der Waals surface area contributed by atoms with Crippen molar-refractivity contribution in [3.8, 4) is 0 Å². The first-order chi connectivity index (χ1) is 5.24. The third kappa shape index (κ3) is 3.48. The van der Waals surface area contributed by atoms with E-state index in [1.54, 1.807) is 0 Å². The first kappa shape index (κ1) is 9.40. The Morgan fingerprint density at radius 3 is 2.64 bits per heavy atom. The van der Waals surface area contributed by atoms with E-state index in [1.807, 2.05) is 0 Å². The van der Waals surface area contributed by atoms with Crippen LogP contribution in [0.2, 0.25) is 0 Å². The van der Waals surface area contributed by atoms with Gasteiger partial charge in [0.2, 0.25) is 0 Å². The number of thiol groups is 1. The van der Waals surface area contributed by atoms with Gasteiger partial charge in [0.1, 0.15) is 0 Å². The molecular weight excluding hydrogens is 156 g/mol.